The molecule has 3 nitrogen and oxygen atoms in total. The van der Waals surface area contributed by atoms with E-state index in [1.54, 1.807) is 0 Å². The highest BCUT2D eigenvalue weighted by molar-refractivity contribution is 7.99. The lowest BCUT2D eigenvalue weighted by molar-refractivity contribution is -0.140. The number of halogens is 3. The minimum atomic E-state index is -4.48. The number of carboxylic acid groups (broad SMARTS) is 1. The number of hydrogen-bond acceptors (Lipinski definition) is 3. The molecule has 1 heterocycles. The largest absolute Gasteiger partial charge is 0.480 e. The lowest BCUT2D eigenvalue weighted by atomic mass is 10.1. The first kappa shape index (κ1) is 14.0. The highest BCUT2D eigenvalue weighted by Gasteiger charge is 2.38. The van der Waals surface area contributed by atoms with Gasteiger partial charge in [0, 0.05) is 23.7 Å². The molecule has 0 spiro atoms. The Kier molecular flexibility index (Phi) is 3.93. The number of aliphatic carboxylic acids is 1. The van der Waals surface area contributed by atoms with Crippen LogP contribution in [0.25, 0.3) is 0 Å². The van der Waals surface area contributed by atoms with E-state index in [0.717, 1.165) is 6.07 Å². The third-order valence-electron chi connectivity index (χ3n) is 2.93. The second kappa shape index (κ2) is 5.32. The number of hydrogen-bond donors (Lipinski definition) is 1. The Bertz CT molecular complexity index is 478. The molecule has 0 radical (unpaired) electrons. The fourth-order valence-electron chi connectivity index (χ4n) is 2.06. The van der Waals surface area contributed by atoms with Gasteiger partial charge in [0.1, 0.15) is 6.04 Å². The van der Waals surface area contributed by atoms with E-state index in [-0.39, 0.29) is 5.69 Å². The van der Waals surface area contributed by atoms with Gasteiger partial charge in [-0.2, -0.15) is 24.9 Å². The Morgan fingerprint density at radius 2 is 2.05 bits per heavy atom. The van der Waals surface area contributed by atoms with Crippen molar-refractivity contribution in [3.63, 3.8) is 0 Å². The molecule has 1 aliphatic rings. The third kappa shape index (κ3) is 2.97. The molecular weight excluding hydrogens is 279 g/mol. The molecule has 0 aliphatic carbocycles. The highest BCUT2D eigenvalue weighted by atomic mass is 32.2. The van der Waals surface area contributed by atoms with Crippen molar-refractivity contribution in [2.45, 2.75) is 12.2 Å². The molecule has 1 aliphatic heterocycles. The standard InChI is InChI=1S/C12H12F3NO2S/c13-12(14,15)8-3-1-2-4-9(8)16-5-6-19-7-10(16)11(17)18/h1-4,10H,5-7H2,(H,17,18). The average Bonchev–Trinajstić information content (AvgIpc) is 2.37. The molecule has 0 aromatic heterocycles. The summed E-state index contributed by atoms with van der Waals surface area (Å²) in [7, 11) is 0. The zero-order valence-corrected chi connectivity index (χ0v) is 10.7. The summed E-state index contributed by atoms with van der Waals surface area (Å²) in [5.41, 5.74) is -0.837. The van der Waals surface area contributed by atoms with Crippen molar-refractivity contribution in [3.8, 4) is 0 Å². The summed E-state index contributed by atoms with van der Waals surface area (Å²) in [6.45, 7) is 0.300. The van der Waals surface area contributed by atoms with E-state index in [2.05, 4.69) is 0 Å². The number of para-hydroxylation sites is 1. The predicted molar refractivity (Wildman–Crippen MR) is 67.5 cm³/mol. The molecule has 104 valence electrons. The van der Waals surface area contributed by atoms with Crippen LogP contribution < -0.4 is 4.90 Å². The smallest absolute Gasteiger partial charge is 0.418 e. The van der Waals surface area contributed by atoms with Crippen molar-refractivity contribution in [3.05, 3.63) is 29.8 Å². The minimum absolute atomic E-state index is 0.0531. The second-order valence-corrected chi connectivity index (χ2v) is 5.29. The number of nitrogens with zero attached hydrogens (tertiary/aromatic N) is 1. The van der Waals surface area contributed by atoms with Crippen LogP contribution >= 0.6 is 11.8 Å². The van der Waals surface area contributed by atoms with Crippen LogP contribution in [0, 0.1) is 0 Å². The topological polar surface area (TPSA) is 40.5 Å². The highest BCUT2D eigenvalue weighted by Crippen LogP contribution is 2.38. The minimum Gasteiger partial charge on any atom is -0.480 e. The molecule has 1 saturated heterocycles. The predicted octanol–water partition coefficient (Wildman–Crippen LogP) is 2.71. The molecule has 7 heteroatoms. The summed E-state index contributed by atoms with van der Waals surface area (Å²) in [6.07, 6.45) is -4.48. The maximum absolute atomic E-state index is 13.0. The summed E-state index contributed by atoms with van der Waals surface area (Å²) in [4.78, 5) is 12.5. The molecule has 1 atom stereocenters. The fourth-order valence-corrected chi connectivity index (χ4v) is 3.10. The van der Waals surface area contributed by atoms with Gasteiger partial charge in [0.05, 0.1) is 5.56 Å². The molecule has 0 saturated carbocycles. The molecular formula is C12H12F3NO2S. The van der Waals surface area contributed by atoms with E-state index < -0.39 is 23.8 Å². The van der Waals surface area contributed by atoms with Crippen molar-refractivity contribution in [2.75, 3.05) is 23.0 Å². The van der Waals surface area contributed by atoms with Crippen molar-refractivity contribution >= 4 is 23.4 Å². The van der Waals surface area contributed by atoms with Crippen molar-refractivity contribution in [1.29, 1.82) is 0 Å². The maximum atomic E-state index is 13.0. The zero-order valence-electron chi connectivity index (χ0n) is 9.85. The molecule has 2 rings (SSSR count). The van der Waals surface area contributed by atoms with E-state index in [9.17, 15) is 18.0 Å². The number of benzene rings is 1. The van der Waals surface area contributed by atoms with E-state index >= 15 is 0 Å². The van der Waals surface area contributed by atoms with Crippen LogP contribution in [-0.2, 0) is 11.0 Å². The van der Waals surface area contributed by atoms with Crippen LogP contribution in [0.1, 0.15) is 5.56 Å². The molecule has 1 N–H and O–H groups in total. The average molecular weight is 291 g/mol. The Labute approximate surface area is 112 Å². The van der Waals surface area contributed by atoms with Gasteiger partial charge >= 0.3 is 12.1 Å². The molecule has 1 unspecified atom stereocenters. The van der Waals surface area contributed by atoms with Gasteiger partial charge in [0.25, 0.3) is 0 Å². The van der Waals surface area contributed by atoms with Crippen LogP contribution in [-0.4, -0.2) is 35.2 Å². The molecule has 1 aromatic rings. The number of carbonyl (C=O) groups is 1. The lowest BCUT2D eigenvalue weighted by Crippen LogP contribution is -2.48. The van der Waals surface area contributed by atoms with Gasteiger partial charge in [0.15, 0.2) is 0 Å². The summed E-state index contributed by atoms with van der Waals surface area (Å²) < 4.78 is 38.9. The first-order valence-corrected chi connectivity index (χ1v) is 6.80. The molecule has 1 fully saturated rings. The van der Waals surface area contributed by atoms with E-state index in [4.69, 9.17) is 5.11 Å². The quantitative estimate of drug-likeness (QED) is 0.909. The number of alkyl halides is 3. The van der Waals surface area contributed by atoms with E-state index in [1.165, 1.54) is 34.9 Å². The Hall–Kier alpha value is -1.37. The summed E-state index contributed by atoms with van der Waals surface area (Å²) >= 11 is 1.44. The van der Waals surface area contributed by atoms with Crippen LogP contribution in [0.4, 0.5) is 18.9 Å². The molecule has 0 bridgehead atoms. The molecule has 1 aromatic carbocycles. The fraction of sp³-hybridized carbons (Fsp3) is 0.417. The first-order valence-electron chi connectivity index (χ1n) is 5.64. The Morgan fingerprint density at radius 3 is 2.68 bits per heavy atom. The van der Waals surface area contributed by atoms with Gasteiger partial charge in [-0.05, 0) is 12.1 Å². The van der Waals surface area contributed by atoms with Crippen LogP contribution in [0.3, 0.4) is 0 Å². The Balaban J connectivity index is 2.42. The maximum Gasteiger partial charge on any atom is 0.418 e. The van der Waals surface area contributed by atoms with Gasteiger partial charge in [-0.25, -0.2) is 4.79 Å². The molecule has 19 heavy (non-hydrogen) atoms. The van der Waals surface area contributed by atoms with Crippen LogP contribution in [0.15, 0.2) is 24.3 Å². The van der Waals surface area contributed by atoms with Gasteiger partial charge < -0.3 is 10.0 Å². The Morgan fingerprint density at radius 1 is 1.37 bits per heavy atom. The molecule has 0 amide bonds. The summed E-state index contributed by atoms with van der Waals surface area (Å²) in [5, 5.41) is 9.13. The van der Waals surface area contributed by atoms with Crippen molar-refractivity contribution in [2.24, 2.45) is 0 Å². The number of anilines is 1. The van der Waals surface area contributed by atoms with Gasteiger partial charge in [-0.1, -0.05) is 12.1 Å². The second-order valence-electron chi connectivity index (χ2n) is 4.14. The van der Waals surface area contributed by atoms with Gasteiger partial charge in [0.2, 0.25) is 0 Å². The monoisotopic (exact) mass is 291 g/mol. The van der Waals surface area contributed by atoms with Crippen LogP contribution in [0.2, 0.25) is 0 Å². The SMILES string of the molecule is O=C(O)C1CSCCN1c1ccccc1C(F)(F)F. The summed E-state index contributed by atoms with van der Waals surface area (Å²) in [5.74, 6) is -0.179. The first-order chi connectivity index (χ1) is 8.91. The van der Waals surface area contributed by atoms with Gasteiger partial charge in [-0.3, -0.25) is 0 Å². The van der Waals surface area contributed by atoms with Crippen molar-refractivity contribution < 1.29 is 23.1 Å². The van der Waals surface area contributed by atoms with Crippen LogP contribution in [0.5, 0.6) is 0 Å². The zero-order chi connectivity index (χ0) is 14.0. The van der Waals surface area contributed by atoms with E-state index in [0.29, 0.717) is 18.1 Å². The lowest BCUT2D eigenvalue weighted by Gasteiger charge is -2.35. The van der Waals surface area contributed by atoms with Gasteiger partial charge in [-0.15, -0.1) is 0 Å². The number of rotatable bonds is 2. The van der Waals surface area contributed by atoms with Crippen molar-refractivity contribution in [1.82, 2.24) is 0 Å². The number of carboxylic acids is 1. The summed E-state index contributed by atoms with van der Waals surface area (Å²) in [6, 6.07) is 4.19. The number of thioether (sulfide) groups is 1. The normalized spacial score (nSPS) is 20.4. The third-order valence-corrected chi connectivity index (χ3v) is 3.96. The van der Waals surface area contributed by atoms with E-state index in [1.807, 2.05) is 0 Å².